The zero-order chi connectivity index (χ0) is 13.0. The maximum absolute atomic E-state index is 13.7. The molecule has 4 heteroatoms. The van der Waals surface area contributed by atoms with Crippen LogP contribution in [0.3, 0.4) is 0 Å². The summed E-state index contributed by atoms with van der Waals surface area (Å²) in [7, 11) is 1.91. The van der Waals surface area contributed by atoms with Crippen molar-refractivity contribution >= 4 is 0 Å². The average Bonchev–Trinajstić information content (AvgIpc) is 2.79. The molecule has 18 heavy (non-hydrogen) atoms. The molecular formula is C14H20FNO2. The molecular weight excluding hydrogens is 233 g/mol. The molecule has 1 aliphatic rings. The Hall–Kier alpha value is -1.13. The van der Waals surface area contributed by atoms with Crippen molar-refractivity contribution in [2.75, 3.05) is 20.2 Å². The van der Waals surface area contributed by atoms with E-state index in [2.05, 4.69) is 5.32 Å². The first-order valence-corrected chi connectivity index (χ1v) is 6.38. The number of nitrogens with one attached hydrogen (secondary N) is 1. The standard InChI is InChI=1S/C14H20FNO2/c1-10-4-3-5-13(14(10)15)17-9-12-7-6-11(18-12)8-16-2/h3-5,11-12,16H,6-9H2,1-2H3. The maximum atomic E-state index is 13.7. The highest BCUT2D eigenvalue weighted by Gasteiger charge is 2.25. The van der Waals surface area contributed by atoms with Crippen molar-refractivity contribution in [2.45, 2.75) is 32.0 Å². The summed E-state index contributed by atoms with van der Waals surface area (Å²) in [5.74, 6) is 0.0398. The predicted molar refractivity (Wildman–Crippen MR) is 68.5 cm³/mol. The van der Waals surface area contributed by atoms with Gasteiger partial charge in [-0.05, 0) is 38.4 Å². The molecule has 1 aliphatic heterocycles. The number of halogens is 1. The van der Waals surface area contributed by atoms with Gasteiger partial charge < -0.3 is 14.8 Å². The van der Waals surface area contributed by atoms with Gasteiger partial charge in [0.15, 0.2) is 11.6 Å². The van der Waals surface area contributed by atoms with Crippen molar-refractivity contribution in [3.8, 4) is 5.75 Å². The van der Waals surface area contributed by atoms with E-state index in [-0.39, 0.29) is 18.0 Å². The number of benzene rings is 1. The molecule has 1 saturated heterocycles. The lowest BCUT2D eigenvalue weighted by Gasteiger charge is -2.15. The van der Waals surface area contributed by atoms with Crippen LogP contribution in [0.25, 0.3) is 0 Å². The molecule has 3 nitrogen and oxygen atoms in total. The van der Waals surface area contributed by atoms with E-state index in [4.69, 9.17) is 9.47 Å². The first-order valence-electron chi connectivity index (χ1n) is 6.38. The van der Waals surface area contributed by atoms with E-state index >= 15 is 0 Å². The van der Waals surface area contributed by atoms with Gasteiger partial charge in [-0.2, -0.15) is 0 Å². The quantitative estimate of drug-likeness (QED) is 0.873. The summed E-state index contributed by atoms with van der Waals surface area (Å²) in [4.78, 5) is 0. The Morgan fingerprint density at radius 1 is 1.39 bits per heavy atom. The van der Waals surface area contributed by atoms with Gasteiger partial charge in [0.05, 0.1) is 12.2 Å². The van der Waals surface area contributed by atoms with Crippen LogP contribution in [0.2, 0.25) is 0 Å². The minimum Gasteiger partial charge on any atom is -0.488 e. The molecule has 1 aromatic carbocycles. The highest BCUT2D eigenvalue weighted by atomic mass is 19.1. The van der Waals surface area contributed by atoms with Crippen molar-refractivity contribution in [3.05, 3.63) is 29.6 Å². The van der Waals surface area contributed by atoms with Crippen LogP contribution in [-0.2, 0) is 4.74 Å². The molecule has 1 heterocycles. The molecule has 2 rings (SSSR count). The van der Waals surface area contributed by atoms with Gasteiger partial charge in [0, 0.05) is 6.54 Å². The highest BCUT2D eigenvalue weighted by Crippen LogP contribution is 2.23. The summed E-state index contributed by atoms with van der Waals surface area (Å²) >= 11 is 0. The number of hydrogen-bond donors (Lipinski definition) is 1. The Kier molecular flexibility index (Phi) is 4.55. The van der Waals surface area contributed by atoms with Gasteiger partial charge in [-0.1, -0.05) is 12.1 Å². The van der Waals surface area contributed by atoms with E-state index < -0.39 is 0 Å². The zero-order valence-corrected chi connectivity index (χ0v) is 10.9. The molecule has 1 N–H and O–H groups in total. The van der Waals surface area contributed by atoms with Crippen LogP contribution in [0.5, 0.6) is 5.75 Å². The van der Waals surface area contributed by atoms with E-state index in [0.717, 1.165) is 19.4 Å². The van der Waals surface area contributed by atoms with Crippen molar-refractivity contribution in [1.29, 1.82) is 0 Å². The molecule has 2 atom stereocenters. The van der Waals surface area contributed by atoms with Gasteiger partial charge >= 0.3 is 0 Å². The van der Waals surface area contributed by atoms with Crippen LogP contribution >= 0.6 is 0 Å². The smallest absolute Gasteiger partial charge is 0.167 e. The fourth-order valence-electron chi connectivity index (χ4n) is 2.20. The molecule has 0 bridgehead atoms. The van der Waals surface area contributed by atoms with Crippen molar-refractivity contribution in [2.24, 2.45) is 0 Å². The SMILES string of the molecule is CNCC1CCC(COc2cccc(C)c2F)O1. The lowest BCUT2D eigenvalue weighted by molar-refractivity contribution is 0.0185. The number of aryl methyl sites for hydroxylation is 1. The highest BCUT2D eigenvalue weighted by molar-refractivity contribution is 5.30. The Balaban J connectivity index is 1.83. The lowest BCUT2D eigenvalue weighted by Crippen LogP contribution is -2.26. The van der Waals surface area contributed by atoms with Crippen LogP contribution in [0, 0.1) is 12.7 Å². The third-order valence-electron chi connectivity index (χ3n) is 3.21. The van der Waals surface area contributed by atoms with Crippen molar-refractivity contribution in [1.82, 2.24) is 5.32 Å². The second-order valence-corrected chi connectivity index (χ2v) is 4.71. The van der Waals surface area contributed by atoms with Gasteiger partial charge in [-0.25, -0.2) is 4.39 Å². The largest absolute Gasteiger partial charge is 0.488 e. The summed E-state index contributed by atoms with van der Waals surface area (Å²) in [6.45, 7) is 3.01. The van der Waals surface area contributed by atoms with E-state index in [1.54, 1.807) is 25.1 Å². The minimum absolute atomic E-state index is 0.0725. The summed E-state index contributed by atoms with van der Waals surface area (Å²) in [5, 5.41) is 3.09. The summed E-state index contributed by atoms with van der Waals surface area (Å²) in [6.07, 6.45) is 2.33. The molecule has 0 spiro atoms. The molecule has 1 aromatic rings. The van der Waals surface area contributed by atoms with Crippen LogP contribution in [0.4, 0.5) is 4.39 Å². The Morgan fingerprint density at radius 3 is 2.94 bits per heavy atom. The molecule has 0 aliphatic carbocycles. The van der Waals surface area contributed by atoms with E-state index in [1.807, 2.05) is 7.05 Å². The first-order chi connectivity index (χ1) is 8.70. The fourth-order valence-corrected chi connectivity index (χ4v) is 2.20. The van der Waals surface area contributed by atoms with Crippen LogP contribution in [0.15, 0.2) is 18.2 Å². The zero-order valence-electron chi connectivity index (χ0n) is 10.9. The normalized spacial score (nSPS) is 23.3. The van der Waals surface area contributed by atoms with Gasteiger partial charge in [-0.15, -0.1) is 0 Å². The van der Waals surface area contributed by atoms with E-state index in [0.29, 0.717) is 17.9 Å². The number of rotatable bonds is 5. The topological polar surface area (TPSA) is 30.5 Å². The average molecular weight is 253 g/mol. The molecule has 1 fully saturated rings. The van der Waals surface area contributed by atoms with Gasteiger partial charge in [-0.3, -0.25) is 0 Å². The molecule has 0 saturated carbocycles. The summed E-state index contributed by atoms with van der Waals surface area (Å²) in [5.41, 5.74) is 0.605. The second-order valence-electron chi connectivity index (χ2n) is 4.71. The Labute approximate surface area is 107 Å². The fraction of sp³-hybridized carbons (Fsp3) is 0.571. The number of ether oxygens (including phenoxy) is 2. The van der Waals surface area contributed by atoms with Crippen molar-refractivity contribution in [3.63, 3.8) is 0 Å². The Morgan fingerprint density at radius 2 is 2.17 bits per heavy atom. The molecule has 0 aromatic heterocycles. The lowest BCUT2D eigenvalue weighted by atomic mass is 10.2. The van der Waals surface area contributed by atoms with Gasteiger partial charge in [0.25, 0.3) is 0 Å². The second kappa shape index (κ2) is 6.16. The van der Waals surface area contributed by atoms with Crippen LogP contribution in [-0.4, -0.2) is 32.4 Å². The van der Waals surface area contributed by atoms with E-state index in [9.17, 15) is 4.39 Å². The summed E-state index contributed by atoms with van der Waals surface area (Å²) < 4.78 is 25.0. The Bertz CT molecular complexity index is 397. The predicted octanol–water partition coefficient (Wildman–Crippen LogP) is 2.28. The monoisotopic (exact) mass is 253 g/mol. The molecule has 100 valence electrons. The maximum Gasteiger partial charge on any atom is 0.167 e. The number of hydrogen-bond acceptors (Lipinski definition) is 3. The van der Waals surface area contributed by atoms with Crippen LogP contribution in [0.1, 0.15) is 18.4 Å². The van der Waals surface area contributed by atoms with Crippen LogP contribution < -0.4 is 10.1 Å². The first kappa shape index (κ1) is 13.3. The molecule has 2 unspecified atom stereocenters. The third kappa shape index (κ3) is 3.21. The van der Waals surface area contributed by atoms with E-state index in [1.165, 1.54) is 0 Å². The third-order valence-corrected chi connectivity index (χ3v) is 3.21. The minimum atomic E-state index is -0.276. The molecule has 0 radical (unpaired) electrons. The van der Waals surface area contributed by atoms with Gasteiger partial charge in [0.1, 0.15) is 6.61 Å². The summed E-state index contributed by atoms with van der Waals surface area (Å²) in [6, 6.07) is 5.19. The van der Waals surface area contributed by atoms with Gasteiger partial charge in [0.2, 0.25) is 0 Å². The molecule has 0 amide bonds. The number of likely N-dealkylation sites (N-methyl/N-ethyl adjacent to an activating group) is 1. The van der Waals surface area contributed by atoms with Crippen molar-refractivity contribution < 1.29 is 13.9 Å².